The van der Waals surface area contributed by atoms with Gasteiger partial charge in [-0.15, -0.1) is 0 Å². The maximum Gasteiger partial charge on any atom is 0.235 e. The molecule has 0 bridgehead atoms. The number of primary amides is 1. The normalized spacial score (nSPS) is 34.9. The Morgan fingerprint density at radius 1 is 1.16 bits per heavy atom. The van der Waals surface area contributed by atoms with Crippen molar-refractivity contribution in [1.29, 1.82) is 0 Å². The van der Waals surface area contributed by atoms with Gasteiger partial charge in [0, 0.05) is 5.92 Å². The quantitative estimate of drug-likeness (QED) is 0.246. The Kier molecular flexibility index (Phi) is 4.56. The van der Waals surface area contributed by atoms with Gasteiger partial charge in [-0.05, 0) is 44.5 Å². The van der Waals surface area contributed by atoms with Crippen molar-refractivity contribution in [3.8, 4) is 5.75 Å². The molecule has 0 heterocycles. The van der Waals surface area contributed by atoms with Crippen molar-refractivity contribution in [3.05, 3.63) is 23.3 Å². The molecule has 164 valence electrons. The number of phenols is 1. The van der Waals surface area contributed by atoms with Gasteiger partial charge in [0.15, 0.2) is 34.7 Å². The first-order valence-corrected chi connectivity index (χ1v) is 9.87. The fourth-order valence-corrected chi connectivity index (χ4v) is 5.60. The Morgan fingerprint density at radius 3 is 2.39 bits per heavy atom. The summed E-state index contributed by atoms with van der Waals surface area (Å²) in [7, 11) is 3.07. The van der Waals surface area contributed by atoms with Crippen LogP contribution in [0.2, 0.25) is 0 Å². The number of amides is 1. The van der Waals surface area contributed by atoms with E-state index in [1.54, 1.807) is 6.07 Å². The number of carbonyl (C=O) groups is 5. The van der Waals surface area contributed by atoms with Crippen LogP contribution in [0.25, 0.3) is 0 Å². The molecule has 2 unspecified atom stereocenters. The van der Waals surface area contributed by atoms with Crippen LogP contribution in [-0.4, -0.2) is 69.9 Å². The summed E-state index contributed by atoms with van der Waals surface area (Å²) >= 11 is 0. The fourth-order valence-electron chi connectivity index (χ4n) is 5.60. The van der Waals surface area contributed by atoms with E-state index >= 15 is 0 Å². The van der Waals surface area contributed by atoms with Crippen molar-refractivity contribution >= 4 is 34.7 Å². The van der Waals surface area contributed by atoms with Crippen molar-refractivity contribution in [1.82, 2.24) is 4.90 Å². The molecule has 31 heavy (non-hydrogen) atoms. The van der Waals surface area contributed by atoms with Crippen molar-refractivity contribution in [2.24, 2.45) is 29.4 Å². The Labute approximate surface area is 177 Å². The summed E-state index contributed by atoms with van der Waals surface area (Å²) in [6, 6.07) is 1.94. The largest absolute Gasteiger partial charge is 0.505 e. The maximum absolute atomic E-state index is 13.5. The van der Waals surface area contributed by atoms with E-state index in [2.05, 4.69) is 0 Å². The molecule has 0 aliphatic heterocycles. The van der Waals surface area contributed by atoms with E-state index in [0.29, 0.717) is 5.56 Å². The molecular formula is C21H23N3O7. The van der Waals surface area contributed by atoms with Gasteiger partial charge < -0.3 is 21.7 Å². The number of carbonyl (C=O) groups excluding carboxylic acids is 5. The summed E-state index contributed by atoms with van der Waals surface area (Å²) in [5.41, 5.74) is 8.60. The molecular weight excluding hydrogens is 406 g/mol. The average molecular weight is 429 g/mol. The highest BCUT2D eigenvalue weighted by Crippen LogP contribution is 2.50. The Balaban J connectivity index is 1.87. The summed E-state index contributed by atoms with van der Waals surface area (Å²) in [5.74, 6) is -10.7. The van der Waals surface area contributed by atoms with E-state index in [4.69, 9.17) is 11.5 Å². The van der Waals surface area contributed by atoms with Crippen LogP contribution in [-0.2, 0) is 25.6 Å². The lowest BCUT2D eigenvalue weighted by atomic mass is 9.52. The molecule has 4 rings (SSSR count). The van der Waals surface area contributed by atoms with Gasteiger partial charge in [0.1, 0.15) is 5.75 Å². The molecule has 10 nitrogen and oxygen atoms in total. The summed E-state index contributed by atoms with van der Waals surface area (Å²) in [6.07, 6.45) is 0.245. The minimum atomic E-state index is -2.72. The predicted molar refractivity (Wildman–Crippen MR) is 106 cm³/mol. The van der Waals surface area contributed by atoms with Gasteiger partial charge in [0.2, 0.25) is 5.91 Å². The van der Waals surface area contributed by atoms with E-state index in [9.17, 15) is 34.2 Å². The Bertz CT molecular complexity index is 1070. The van der Waals surface area contributed by atoms with Gasteiger partial charge in [0.05, 0.1) is 23.2 Å². The maximum atomic E-state index is 13.5. The fraction of sp³-hybridized carbons (Fsp3) is 0.476. The van der Waals surface area contributed by atoms with Crippen LogP contribution >= 0.6 is 0 Å². The van der Waals surface area contributed by atoms with Gasteiger partial charge in [0.25, 0.3) is 0 Å². The summed E-state index contributed by atoms with van der Waals surface area (Å²) in [4.78, 5) is 66.0. The molecule has 2 fully saturated rings. The molecule has 6 N–H and O–H groups in total. The molecule has 0 spiro atoms. The van der Waals surface area contributed by atoms with Gasteiger partial charge in [-0.25, -0.2) is 0 Å². The van der Waals surface area contributed by atoms with E-state index in [1.165, 1.54) is 25.1 Å². The highest BCUT2D eigenvalue weighted by molar-refractivity contribution is 6.32. The minimum absolute atomic E-state index is 0.0229. The van der Waals surface area contributed by atoms with Gasteiger partial charge in [-0.1, -0.05) is 6.07 Å². The first-order valence-electron chi connectivity index (χ1n) is 9.87. The SMILES string of the molecule is CN(C)[C@H]1C(=O)C(C(N)=O)C(=O)[C@]2(O)C(=O)C3C(=O)c4c(ccc(N)c4O)C[C@@H]3C[C@H]12. The highest BCUT2D eigenvalue weighted by atomic mass is 16.3. The third-order valence-electron chi connectivity index (χ3n) is 6.97. The van der Waals surface area contributed by atoms with E-state index in [0.717, 1.165) is 0 Å². The molecule has 3 aliphatic rings. The number of aromatic hydroxyl groups is 1. The van der Waals surface area contributed by atoms with Crippen LogP contribution in [0.1, 0.15) is 22.3 Å². The van der Waals surface area contributed by atoms with Crippen molar-refractivity contribution < 1.29 is 34.2 Å². The van der Waals surface area contributed by atoms with Crippen LogP contribution in [0, 0.1) is 23.7 Å². The molecule has 0 aromatic heterocycles. The smallest absolute Gasteiger partial charge is 0.235 e. The lowest BCUT2D eigenvalue weighted by molar-refractivity contribution is -0.181. The number of fused-ring (bicyclic) bond motifs is 3. The number of aliphatic hydroxyl groups is 1. The average Bonchev–Trinajstić information content (AvgIpc) is 2.67. The van der Waals surface area contributed by atoms with Gasteiger partial charge in [-0.2, -0.15) is 0 Å². The second kappa shape index (κ2) is 6.69. The number of nitrogens with zero attached hydrogens (tertiary/aromatic N) is 1. The number of hydrogen-bond acceptors (Lipinski definition) is 9. The van der Waals surface area contributed by atoms with Crippen LogP contribution in [0.3, 0.4) is 0 Å². The predicted octanol–water partition coefficient (Wildman–Crippen LogP) is -1.55. The number of benzene rings is 1. The van der Waals surface area contributed by atoms with Gasteiger partial charge >= 0.3 is 0 Å². The molecule has 1 amide bonds. The molecule has 6 atom stereocenters. The molecule has 10 heteroatoms. The lowest BCUT2D eigenvalue weighted by Crippen LogP contribution is -2.74. The second-order valence-electron chi connectivity index (χ2n) is 8.83. The summed E-state index contributed by atoms with van der Waals surface area (Å²) in [5, 5.41) is 21.7. The number of rotatable bonds is 2. The number of ketones is 4. The zero-order valence-electron chi connectivity index (χ0n) is 17.0. The van der Waals surface area contributed by atoms with Crippen molar-refractivity contribution in [2.75, 3.05) is 19.8 Å². The second-order valence-corrected chi connectivity index (χ2v) is 8.83. The third-order valence-corrected chi connectivity index (χ3v) is 6.97. The molecule has 0 radical (unpaired) electrons. The zero-order valence-corrected chi connectivity index (χ0v) is 17.0. The van der Waals surface area contributed by atoms with Crippen LogP contribution in [0.5, 0.6) is 5.75 Å². The van der Waals surface area contributed by atoms with Crippen LogP contribution < -0.4 is 11.5 Å². The molecule has 1 aromatic carbocycles. The van der Waals surface area contributed by atoms with E-state index < -0.39 is 70.1 Å². The molecule has 1 aromatic rings. The lowest BCUT2D eigenvalue weighted by Gasteiger charge is -2.52. The highest BCUT2D eigenvalue weighted by Gasteiger charge is 2.69. The standard InChI is InChI=1S/C21H23N3O7/c1-24(2)14-9-6-8-5-7-3-4-10(22)15(25)11(7)16(26)12(8)18(28)21(9,31)19(29)13(17(14)27)20(23)30/h3-4,8-9,12-14,25,31H,5-6,22H2,1-2H3,(H2,23,30)/t8-,9-,12?,13?,14-,21-/m1/s1. The molecule has 2 saturated carbocycles. The van der Waals surface area contributed by atoms with Crippen LogP contribution in [0.4, 0.5) is 5.69 Å². The summed E-state index contributed by atoms with van der Waals surface area (Å²) in [6.45, 7) is 0. The number of nitrogens with two attached hydrogens (primary N) is 2. The molecule has 0 saturated heterocycles. The van der Waals surface area contributed by atoms with E-state index in [-0.39, 0.29) is 24.1 Å². The number of likely N-dealkylation sites (N-methyl/N-ethyl adjacent to an activating group) is 1. The topological polar surface area (TPSA) is 181 Å². The number of nitrogen functional groups attached to an aromatic ring is 1. The first kappa shape index (κ1) is 21.1. The first-order chi connectivity index (χ1) is 14.4. The van der Waals surface area contributed by atoms with Crippen LogP contribution in [0.15, 0.2) is 12.1 Å². The minimum Gasteiger partial charge on any atom is -0.505 e. The number of Topliss-reactive ketones (excluding diaryl/α,β-unsaturated/α-hetero) is 4. The zero-order chi connectivity index (χ0) is 23.0. The van der Waals surface area contributed by atoms with Crippen molar-refractivity contribution in [3.63, 3.8) is 0 Å². The van der Waals surface area contributed by atoms with Gasteiger partial charge in [-0.3, -0.25) is 28.9 Å². The summed E-state index contributed by atoms with van der Waals surface area (Å²) < 4.78 is 0. The number of phenolic OH excluding ortho intramolecular Hbond substituents is 1. The molecule has 3 aliphatic carbocycles. The number of hydrogen-bond donors (Lipinski definition) is 4. The number of anilines is 1. The Morgan fingerprint density at radius 2 is 1.81 bits per heavy atom. The monoisotopic (exact) mass is 429 g/mol. The van der Waals surface area contributed by atoms with Crippen molar-refractivity contribution in [2.45, 2.75) is 24.5 Å². The Hall–Kier alpha value is -3.11. The van der Waals surface area contributed by atoms with E-state index in [1.807, 2.05) is 0 Å². The third kappa shape index (κ3) is 2.61.